The number of pyridine rings is 1. The molecule has 7 nitrogen and oxygen atoms in total. The van der Waals surface area contributed by atoms with Crippen LogP contribution in [0.25, 0.3) is 0 Å². The third-order valence-electron chi connectivity index (χ3n) is 4.23. The Morgan fingerprint density at radius 3 is 2.50 bits per heavy atom. The molecule has 0 unspecified atom stereocenters. The van der Waals surface area contributed by atoms with Crippen LogP contribution in [0.4, 0.5) is 17.2 Å². The van der Waals surface area contributed by atoms with Crippen LogP contribution in [0, 0.1) is 6.92 Å². The van der Waals surface area contributed by atoms with Crippen LogP contribution in [0.5, 0.6) is 0 Å². The SMILES string of the molecule is Cc1ccc(NC(=O)c2ccc(N3CCCC3)nc2)cc1NS(C)(=O)=O. The topological polar surface area (TPSA) is 91.4 Å². The fourth-order valence-electron chi connectivity index (χ4n) is 2.87. The Labute approximate surface area is 153 Å². The molecule has 8 heteroatoms. The van der Waals surface area contributed by atoms with E-state index in [1.165, 1.54) is 12.8 Å². The van der Waals surface area contributed by atoms with Crippen molar-refractivity contribution in [3.63, 3.8) is 0 Å². The summed E-state index contributed by atoms with van der Waals surface area (Å²) >= 11 is 0. The summed E-state index contributed by atoms with van der Waals surface area (Å²) < 4.78 is 25.3. The molecule has 1 amide bonds. The van der Waals surface area contributed by atoms with Crippen molar-refractivity contribution in [3.8, 4) is 0 Å². The second kappa shape index (κ2) is 7.33. The van der Waals surface area contributed by atoms with E-state index in [0.717, 1.165) is 30.7 Å². The number of sulfonamides is 1. The van der Waals surface area contributed by atoms with Gasteiger partial charge in [0.05, 0.1) is 17.5 Å². The van der Waals surface area contributed by atoms with Gasteiger partial charge in [-0.3, -0.25) is 9.52 Å². The lowest BCUT2D eigenvalue weighted by Gasteiger charge is -2.16. The summed E-state index contributed by atoms with van der Waals surface area (Å²) in [6.07, 6.45) is 4.99. The van der Waals surface area contributed by atoms with E-state index in [0.29, 0.717) is 16.9 Å². The van der Waals surface area contributed by atoms with Crippen molar-refractivity contribution in [2.45, 2.75) is 19.8 Å². The number of carbonyl (C=O) groups is 1. The highest BCUT2D eigenvalue weighted by Gasteiger charge is 2.15. The van der Waals surface area contributed by atoms with Gasteiger partial charge in [0, 0.05) is 25.0 Å². The van der Waals surface area contributed by atoms with Crippen molar-refractivity contribution < 1.29 is 13.2 Å². The fourth-order valence-corrected chi connectivity index (χ4v) is 3.49. The predicted octanol–water partition coefficient (Wildman–Crippen LogP) is 2.61. The smallest absolute Gasteiger partial charge is 0.257 e. The quantitative estimate of drug-likeness (QED) is 0.839. The van der Waals surface area contributed by atoms with Crippen molar-refractivity contribution >= 4 is 33.1 Å². The predicted molar refractivity (Wildman–Crippen MR) is 103 cm³/mol. The number of hydrogen-bond donors (Lipinski definition) is 2. The molecular formula is C18H22N4O3S. The Kier molecular flexibility index (Phi) is 5.13. The zero-order valence-electron chi connectivity index (χ0n) is 14.8. The van der Waals surface area contributed by atoms with Crippen molar-refractivity contribution in [2.24, 2.45) is 0 Å². The van der Waals surface area contributed by atoms with E-state index in [4.69, 9.17) is 0 Å². The number of anilines is 3. The highest BCUT2D eigenvalue weighted by molar-refractivity contribution is 7.92. The summed E-state index contributed by atoms with van der Waals surface area (Å²) in [5.74, 6) is 0.591. The summed E-state index contributed by atoms with van der Waals surface area (Å²) in [4.78, 5) is 19.0. The van der Waals surface area contributed by atoms with Crippen molar-refractivity contribution in [1.29, 1.82) is 0 Å². The van der Waals surface area contributed by atoms with Gasteiger partial charge < -0.3 is 10.2 Å². The van der Waals surface area contributed by atoms with Crippen molar-refractivity contribution in [2.75, 3.05) is 34.3 Å². The lowest BCUT2D eigenvalue weighted by atomic mass is 10.2. The minimum atomic E-state index is -3.39. The van der Waals surface area contributed by atoms with Crippen LogP contribution in [-0.2, 0) is 10.0 Å². The largest absolute Gasteiger partial charge is 0.357 e. The number of benzene rings is 1. The van der Waals surface area contributed by atoms with Gasteiger partial charge in [-0.25, -0.2) is 13.4 Å². The molecule has 1 aromatic heterocycles. The highest BCUT2D eigenvalue weighted by Crippen LogP contribution is 2.22. The number of nitrogens with one attached hydrogen (secondary N) is 2. The number of carbonyl (C=O) groups excluding carboxylic acids is 1. The third kappa shape index (κ3) is 4.51. The van der Waals surface area contributed by atoms with E-state index in [1.54, 1.807) is 37.4 Å². The number of aromatic nitrogens is 1. The minimum absolute atomic E-state index is 0.292. The molecule has 1 saturated heterocycles. The third-order valence-corrected chi connectivity index (χ3v) is 4.82. The van der Waals surface area contributed by atoms with Gasteiger partial charge in [0.15, 0.2) is 0 Å². The van der Waals surface area contributed by atoms with Gasteiger partial charge in [-0.2, -0.15) is 0 Å². The molecule has 0 radical (unpaired) electrons. The normalized spacial score (nSPS) is 14.3. The molecule has 2 aromatic rings. The van der Waals surface area contributed by atoms with Gasteiger partial charge >= 0.3 is 0 Å². The van der Waals surface area contributed by atoms with E-state index in [2.05, 4.69) is 19.9 Å². The summed E-state index contributed by atoms with van der Waals surface area (Å²) in [7, 11) is -3.39. The summed E-state index contributed by atoms with van der Waals surface area (Å²) in [6.45, 7) is 3.79. The second-order valence-electron chi connectivity index (χ2n) is 6.46. The Hall–Kier alpha value is -2.61. The maximum absolute atomic E-state index is 12.4. The first kappa shape index (κ1) is 18.2. The number of aryl methyl sites for hydroxylation is 1. The molecular weight excluding hydrogens is 352 g/mol. The zero-order valence-corrected chi connectivity index (χ0v) is 15.6. The van der Waals surface area contributed by atoms with Gasteiger partial charge in [0.2, 0.25) is 10.0 Å². The molecule has 0 bridgehead atoms. The van der Waals surface area contributed by atoms with Crippen LogP contribution < -0.4 is 14.9 Å². The van der Waals surface area contributed by atoms with Crippen molar-refractivity contribution in [3.05, 3.63) is 47.7 Å². The lowest BCUT2D eigenvalue weighted by Crippen LogP contribution is -2.19. The Bertz CT molecular complexity index is 905. The van der Waals surface area contributed by atoms with Crippen LogP contribution in [0.15, 0.2) is 36.5 Å². The van der Waals surface area contributed by atoms with Crippen LogP contribution in [0.2, 0.25) is 0 Å². The number of hydrogen-bond acceptors (Lipinski definition) is 5. The van der Waals surface area contributed by atoms with E-state index >= 15 is 0 Å². The Morgan fingerprint density at radius 1 is 1.15 bits per heavy atom. The van der Waals surface area contributed by atoms with Crippen LogP contribution in [-0.4, -0.2) is 38.7 Å². The molecule has 138 valence electrons. The maximum Gasteiger partial charge on any atom is 0.257 e. The summed E-state index contributed by atoms with van der Waals surface area (Å²) in [5.41, 5.74) is 2.17. The molecule has 1 aliphatic rings. The van der Waals surface area contributed by atoms with Gasteiger partial charge in [-0.05, 0) is 49.6 Å². The molecule has 3 rings (SSSR count). The number of rotatable bonds is 5. The molecule has 2 N–H and O–H groups in total. The summed E-state index contributed by atoms with van der Waals surface area (Å²) in [6, 6.07) is 8.68. The Balaban J connectivity index is 1.72. The summed E-state index contributed by atoms with van der Waals surface area (Å²) in [5, 5.41) is 2.77. The fraction of sp³-hybridized carbons (Fsp3) is 0.333. The van der Waals surface area contributed by atoms with Gasteiger partial charge in [-0.15, -0.1) is 0 Å². The number of nitrogens with zero attached hydrogens (tertiary/aromatic N) is 2. The van der Waals surface area contributed by atoms with Gasteiger partial charge in [0.1, 0.15) is 5.82 Å². The molecule has 0 spiro atoms. The van der Waals surface area contributed by atoms with Crippen LogP contribution >= 0.6 is 0 Å². The first-order chi connectivity index (χ1) is 12.3. The van der Waals surface area contributed by atoms with Gasteiger partial charge in [0.25, 0.3) is 5.91 Å². The highest BCUT2D eigenvalue weighted by atomic mass is 32.2. The molecule has 0 atom stereocenters. The zero-order chi connectivity index (χ0) is 18.7. The van der Waals surface area contributed by atoms with Crippen LogP contribution in [0.1, 0.15) is 28.8 Å². The average molecular weight is 374 g/mol. The van der Waals surface area contributed by atoms with Gasteiger partial charge in [-0.1, -0.05) is 6.07 Å². The van der Waals surface area contributed by atoms with E-state index in [-0.39, 0.29) is 5.91 Å². The molecule has 0 saturated carbocycles. The molecule has 1 fully saturated rings. The van der Waals surface area contributed by atoms with E-state index < -0.39 is 10.0 Å². The monoisotopic (exact) mass is 374 g/mol. The van der Waals surface area contributed by atoms with E-state index in [1.807, 2.05) is 6.07 Å². The molecule has 2 heterocycles. The standard InChI is InChI=1S/C18H22N4O3S/c1-13-5-7-15(11-16(13)21-26(2,24)25)20-18(23)14-6-8-17(19-12-14)22-9-3-4-10-22/h5-8,11-12,21H,3-4,9-10H2,1-2H3,(H,20,23). The average Bonchev–Trinajstić information content (AvgIpc) is 3.11. The lowest BCUT2D eigenvalue weighted by molar-refractivity contribution is 0.102. The molecule has 1 aliphatic heterocycles. The first-order valence-electron chi connectivity index (χ1n) is 8.43. The molecule has 26 heavy (non-hydrogen) atoms. The minimum Gasteiger partial charge on any atom is -0.357 e. The number of amides is 1. The van der Waals surface area contributed by atoms with Crippen molar-refractivity contribution in [1.82, 2.24) is 4.98 Å². The molecule has 1 aromatic carbocycles. The Morgan fingerprint density at radius 2 is 1.88 bits per heavy atom. The van der Waals surface area contributed by atoms with E-state index in [9.17, 15) is 13.2 Å². The second-order valence-corrected chi connectivity index (χ2v) is 8.21. The molecule has 0 aliphatic carbocycles. The van der Waals surface area contributed by atoms with Crippen LogP contribution in [0.3, 0.4) is 0 Å². The maximum atomic E-state index is 12.4. The first-order valence-corrected chi connectivity index (χ1v) is 10.3.